The summed E-state index contributed by atoms with van der Waals surface area (Å²) < 4.78 is 18.7. The summed E-state index contributed by atoms with van der Waals surface area (Å²) in [6.45, 7) is 6.47. The van der Waals surface area contributed by atoms with Crippen LogP contribution in [-0.2, 0) is 4.79 Å². The number of anilines is 1. The Labute approximate surface area is 148 Å². The number of ether oxygens (including phenoxy) is 1. The van der Waals surface area contributed by atoms with E-state index in [9.17, 15) is 9.18 Å². The summed E-state index contributed by atoms with van der Waals surface area (Å²) in [7, 11) is 0. The van der Waals surface area contributed by atoms with Crippen LogP contribution in [0.1, 0.15) is 18.9 Å². The molecule has 0 saturated carbocycles. The maximum absolute atomic E-state index is 13.4. The number of aryl methyl sites for hydroxylation is 1. The highest BCUT2D eigenvalue weighted by molar-refractivity contribution is 5.76. The zero-order chi connectivity index (χ0) is 18.1. The summed E-state index contributed by atoms with van der Waals surface area (Å²) in [5.41, 5.74) is 2.37. The number of halogens is 1. The van der Waals surface area contributed by atoms with Crippen LogP contribution >= 0.6 is 0 Å². The van der Waals surface area contributed by atoms with E-state index in [4.69, 9.17) is 4.74 Å². The van der Waals surface area contributed by atoms with Crippen LogP contribution < -0.4 is 15.0 Å². The molecule has 0 aliphatic carbocycles. The minimum Gasteiger partial charge on any atom is -0.490 e. The number of carbonyl (C=O) groups is 1. The minimum absolute atomic E-state index is 0.100. The van der Waals surface area contributed by atoms with Crippen molar-refractivity contribution >= 4 is 11.6 Å². The van der Waals surface area contributed by atoms with Gasteiger partial charge in [0.15, 0.2) is 11.6 Å². The molecular weight excluding hydrogens is 319 g/mol. The normalized spacial score (nSPS) is 10.4. The van der Waals surface area contributed by atoms with E-state index in [1.807, 2.05) is 6.07 Å². The van der Waals surface area contributed by atoms with Crippen LogP contribution in [0.3, 0.4) is 0 Å². The van der Waals surface area contributed by atoms with Crippen LogP contribution in [0.15, 0.2) is 48.5 Å². The molecule has 2 aromatic carbocycles. The summed E-state index contributed by atoms with van der Waals surface area (Å²) in [6, 6.07) is 14.5. The van der Waals surface area contributed by atoms with E-state index in [1.165, 1.54) is 11.6 Å². The molecule has 0 atom stereocenters. The number of hydrogen-bond acceptors (Lipinski definition) is 3. The number of likely N-dealkylation sites (N-methyl/N-ethyl adjacent to an activating group) is 1. The van der Waals surface area contributed by atoms with Gasteiger partial charge in [-0.1, -0.05) is 24.3 Å². The van der Waals surface area contributed by atoms with Crippen molar-refractivity contribution in [3.63, 3.8) is 0 Å². The molecule has 4 nitrogen and oxygen atoms in total. The molecule has 2 aromatic rings. The molecule has 0 unspecified atom stereocenters. The molecule has 1 N–H and O–H groups in total. The van der Waals surface area contributed by atoms with Crippen molar-refractivity contribution in [2.45, 2.75) is 20.3 Å². The molecule has 2 rings (SSSR count). The Morgan fingerprint density at radius 1 is 1.20 bits per heavy atom. The number of amides is 1. The third kappa shape index (κ3) is 6.10. The van der Waals surface area contributed by atoms with Gasteiger partial charge < -0.3 is 15.0 Å². The maximum atomic E-state index is 13.4. The fraction of sp³-hybridized carbons (Fsp3) is 0.350. The van der Waals surface area contributed by atoms with Crippen LogP contribution in [0, 0.1) is 12.7 Å². The van der Waals surface area contributed by atoms with E-state index in [2.05, 4.69) is 42.3 Å². The van der Waals surface area contributed by atoms with Gasteiger partial charge in [-0.15, -0.1) is 0 Å². The summed E-state index contributed by atoms with van der Waals surface area (Å²) in [4.78, 5) is 14.1. The number of benzene rings is 2. The summed E-state index contributed by atoms with van der Waals surface area (Å²) in [5, 5.41) is 2.88. The molecule has 0 aromatic heterocycles. The number of nitrogens with one attached hydrogen (secondary N) is 1. The van der Waals surface area contributed by atoms with Crippen molar-refractivity contribution in [2.24, 2.45) is 0 Å². The van der Waals surface area contributed by atoms with E-state index >= 15 is 0 Å². The zero-order valence-corrected chi connectivity index (χ0v) is 14.8. The zero-order valence-electron chi connectivity index (χ0n) is 14.8. The first-order valence-electron chi connectivity index (χ1n) is 8.55. The molecule has 134 valence electrons. The Bertz CT molecular complexity index is 691. The molecule has 0 aliphatic rings. The van der Waals surface area contributed by atoms with Gasteiger partial charge in [0.2, 0.25) is 5.91 Å². The van der Waals surface area contributed by atoms with Crippen LogP contribution in [0.25, 0.3) is 0 Å². The standard InChI is InChI=1S/C20H25FN2O2/c1-3-23(17-8-6-7-16(2)15-17)13-12-22-20(24)11-14-25-19-10-5-4-9-18(19)21/h4-10,15H,3,11-14H2,1-2H3,(H,22,24). The van der Waals surface area contributed by atoms with Gasteiger partial charge in [-0.25, -0.2) is 4.39 Å². The van der Waals surface area contributed by atoms with Crippen molar-refractivity contribution in [1.29, 1.82) is 0 Å². The Balaban J connectivity index is 1.70. The summed E-state index contributed by atoms with van der Waals surface area (Å²) in [6.07, 6.45) is 0.199. The summed E-state index contributed by atoms with van der Waals surface area (Å²) in [5.74, 6) is -0.344. The fourth-order valence-electron chi connectivity index (χ4n) is 2.53. The number of para-hydroxylation sites is 1. The maximum Gasteiger partial charge on any atom is 0.223 e. The molecule has 0 saturated heterocycles. The second kappa shape index (κ2) is 9.67. The van der Waals surface area contributed by atoms with Crippen LogP contribution in [0.4, 0.5) is 10.1 Å². The molecule has 0 radical (unpaired) electrons. The molecular formula is C20H25FN2O2. The highest BCUT2D eigenvalue weighted by atomic mass is 19.1. The molecule has 0 aliphatic heterocycles. The van der Waals surface area contributed by atoms with Crippen molar-refractivity contribution in [2.75, 3.05) is 31.1 Å². The number of carbonyl (C=O) groups excluding carboxylic acids is 1. The number of nitrogens with zero attached hydrogens (tertiary/aromatic N) is 1. The lowest BCUT2D eigenvalue weighted by Crippen LogP contribution is -2.35. The van der Waals surface area contributed by atoms with Crippen molar-refractivity contribution < 1.29 is 13.9 Å². The molecule has 1 amide bonds. The molecule has 5 heteroatoms. The van der Waals surface area contributed by atoms with Gasteiger partial charge in [-0.05, 0) is 43.7 Å². The van der Waals surface area contributed by atoms with E-state index in [1.54, 1.807) is 18.2 Å². The van der Waals surface area contributed by atoms with Gasteiger partial charge in [0.05, 0.1) is 13.0 Å². The average molecular weight is 344 g/mol. The van der Waals surface area contributed by atoms with Gasteiger partial charge in [0.25, 0.3) is 0 Å². The molecule has 0 bridgehead atoms. The highest BCUT2D eigenvalue weighted by Crippen LogP contribution is 2.16. The van der Waals surface area contributed by atoms with Gasteiger partial charge in [-0.3, -0.25) is 4.79 Å². The van der Waals surface area contributed by atoms with Crippen LogP contribution in [0.5, 0.6) is 5.75 Å². The first-order valence-corrected chi connectivity index (χ1v) is 8.55. The minimum atomic E-state index is -0.417. The van der Waals surface area contributed by atoms with E-state index in [0.717, 1.165) is 18.8 Å². The monoisotopic (exact) mass is 344 g/mol. The van der Waals surface area contributed by atoms with Crippen molar-refractivity contribution in [3.8, 4) is 5.75 Å². The highest BCUT2D eigenvalue weighted by Gasteiger charge is 2.07. The Morgan fingerprint density at radius 3 is 2.72 bits per heavy atom. The lowest BCUT2D eigenvalue weighted by molar-refractivity contribution is -0.121. The fourth-order valence-corrected chi connectivity index (χ4v) is 2.53. The topological polar surface area (TPSA) is 41.6 Å². The third-order valence-electron chi connectivity index (χ3n) is 3.88. The molecule has 0 heterocycles. The Hall–Kier alpha value is -2.56. The largest absolute Gasteiger partial charge is 0.490 e. The van der Waals surface area contributed by atoms with Gasteiger partial charge in [-0.2, -0.15) is 0 Å². The summed E-state index contributed by atoms with van der Waals surface area (Å²) >= 11 is 0. The van der Waals surface area contributed by atoms with Gasteiger partial charge in [0, 0.05) is 25.3 Å². The van der Waals surface area contributed by atoms with E-state index in [-0.39, 0.29) is 24.7 Å². The SMILES string of the molecule is CCN(CCNC(=O)CCOc1ccccc1F)c1cccc(C)c1. The first kappa shape index (κ1) is 18.8. The average Bonchev–Trinajstić information content (AvgIpc) is 2.60. The van der Waals surface area contributed by atoms with Gasteiger partial charge in [0.1, 0.15) is 0 Å². The van der Waals surface area contributed by atoms with Crippen LogP contribution in [-0.4, -0.2) is 32.1 Å². The van der Waals surface area contributed by atoms with Crippen molar-refractivity contribution in [1.82, 2.24) is 5.32 Å². The molecule has 0 fully saturated rings. The smallest absolute Gasteiger partial charge is 0.223 e. The van der Waals surface area contributed by atoms with E-state index in [0.29, 0.717) is 6.54 Å². The predicted octanol–water partition coefficient (Wildman–Crippen LogP) is 3.55. The lowest BCUT2D eigenvalue weighted by atomic mass is 10.2. The number of rotatable bonds is 9. The predicted molar refractivity (Wildman–Crippen MR) is 98.6 cm³/mol. The Kier molecular flexibility index (Phi) is 7.26. The molecule has 0 spiro atoms. The van der Waals surface area contributed by atoms with Crippen LogP contribution in [0.2, 0.25) is 0 Å². The number of hydrogen-bond donors (Lipinski definition) is 1. The second-order valence-corrected chi connectivity index (χ2v) is 5.80. The third-order valence-corrected chi connectivity index (χ3v) is 3.88. The quantitative estimate of drug-likeness (QED) is 0.756. The second-order valence-electron chi connectivity index (χ2n) is 5.80. The van der Waals surface area contributed by atoms with Gasteiger partial charge >= 0.3 is 0 Å². The lowest BCUT2D eigenvalue weighted by Gasteiger charge is -2.23. The van der Waals surface area contributed by atoms with E-state index < -0.39 is 5.82 Å². The molecule has 25 heavy (non-hydrogen) atoms. The van der Waals surface area contributed by atoms with Crippen molar-refractivity contribution in [3.05, 3.63) is 59.9 Å². The first-order chi connectivity index (χ1) is 12.1. The Morgan fingerprint density at radius 2 is 2.00 bits per heavy atom.